The maximum Gasteiger partial charge on any atom is 0.242 e. The molecule has 3 aliphatic rings. The third-order valence-electron chi connectivity index (χ3n) is 9.74. The third-order valence-corrected chi connectivity index (χ3v) is 9.74. The molecule has 0 saturated carbocycles. The highest BCUT2D eigenvalue weighted by Crippen LogP contribution is 2.36. The van der Waals surface area contributed by atoms with Crippen molar-refractivity contribution in [1.29, 1.82) is 0 Å². The molecule has 2 fully saturated rings. The minimum atomic E-state index is 0.143. The molecule has 0 bridgehead atoms. The average Bonchev–Trinajstić information content (AvgIpc) is 3.39. The van der Waals surface area contributed by atoms with Gasteiger partial charge in [-0.05, 0) is 81.9 Å². The van der Waals surface area contributed by atoms with Gasteiger partial charge >= 0.3 is 0 Å². The number of aryl methyl sites for hydroxylation is 1. The number of aromatic nitrogens is 3. The summed E-state index contributed by atoms with van der Waals surface area (Å²) in [6, 6.07) is 15.2. The van der Waals surface area contributed by atoms with Gasteiger partial charge in [-0.25, -0.2) is 0 Å². The average molecular weight is 581 g/mol. The molecule has 4 aromatic rings. The number of pyridine rings is 2. The van der Waals surface area contributed by atoms with Crippen LogP contribution in [0.15, 0.2) is 54.9 Å². The van der Waals surface area contributed by atoms with Crippen LogP contribution in [0.1, 0.15) is 61.5 Å². The Morgan fingerprint density at radius 3 is 2.65 bits per heavy atom. The molecule has 0 spiro atoms. The summed E-state index contributed by atoms with van der Waals surface area (Å²) in [5, 5.41) is 2.35. The number of piperidine rings is 1. The summed E-state index contributed by atoms with van der Waals surface area (Å²) >= 11 is 0. The number of hydrogen-bond acceptors (Lipinski definition) is 6. The number of rotatable bonds is 9. The Labute approximate surface area is 254 Å². The van der Waals surface area contributed by atoms with Crippen LogP contribution in [0.3, 0.4) is 0 Å². The molecule has 226 valence electrons. The SMILES string of the molecule is O=C(Cn1c2ccccc2c2ccnc(CN(CCCN3CCCCC3)[C@H]3CCCc4cccnc43)c21)N1CCOCC1. The molecule has 5 heterocycles. The fraction of sp³-hybridized carbons (Fsp3) is 0.514. The topological polar surface area (TPSA) is 66.7 Å². The lowest BCUT2D eigenvalue weighted by molar-refractivity contribution is -0.135. The molecule has 8 nitrogen and oxygen atoms in total. The molecule has 2 saturated heterocycles. The van der Waals surface area contributed by atoms with Gasteiger partial charge in [0.25, 0.3) is 0 Å². The second kappa shape index (κ2) is 13.1. The Morgan fingerprint density at radius 2 is 1.77 bits per heavy atom. The van der Waals surface area contributed by atoms with Gasteiger partial charge in [-0.3, -0.25) is 19.7 Å². The fourth-order valence-electron chi connectivity index (χ4n) is 7.56. The van der Waals surface area contributed by atoms with Crippen molar-refractivity contribution in [2.24, 2.45) is 0 Å². The zero-order valence-corrected chi connectivity index (χ0v) is 25.3. The van der Waals surface area contributed by atoms with E-state index in [1.54, 1.807) is 0 Å². The van der Waals surface area contributed by atoms with E-state index in [1.807, 2.05) is 17.3 Å². The van der Waals surface area contributed by atoms with Crippen LogP contribution in [0.5, 0.6) is 0 Å². The van der Waals surface area contributed by atoms with Crippen molar-refractivity contribution < 1.29 is 9.53 Å². The van der Waals surface area contributed by atoms with E-state index in [2.05, 4.69) is 56.8 Å². The molecular weight excluding hydrogens is 536 g/mol. The lowest BCUT2D eigenvalue weighted by Gasteiger charge is -2.36. The number of morpholine rings is 1. The standard InChI is InChI=1S/C35H44N6O2/c42-33(39-21-23-43-24-22-39)26-41-31-12-3-2-11-28(31)29-14-16-36-30(35(29)41)25-40(20-8-19-38-17-4-1-5-18-38)32-13-6-9-27-10-7-15-37-34(27)32/h2-3,7,10-12,14-16,32H,1,4-6,8-9,13,17-26H2/t32-/m0/s1. The number of hydrogen-bond donors (Lipinski definition) is 0. The van der Waals surface area contributed by atoms with Crippen molar-refractivity contribution >= 4 is 27.7 Å². The number of ether oxygens (including phenoxy) is 1. The zero-order chi connectivity index (χ0) is 29.0. The summed E-state index contributed by atoms with van der Waals surface area (Å²) in [6.07, 6.45) is 12.5. The van der Waals surface area contributed by atoms with E-state index in [0.29, 0.717) is 32.8 Å². The van der Waals surface area contributed by atoms with Gasteiger partial charge in [0.15, 0.2) is 0 Å². The van der Waals surface area contributed by atoms with Crippen LogP contribution in [-0.4, -0.2) is 87.6 Å². The highest BCUT2D eigenvalue weighted by Gasteiger charge is 2.29. The Balaban J connectivity index is 1.24. The number of carbonyl (C=O) groups excluding carboxylic acids is 1. The van der Waals surface area contributed by atoms with Gasteiger partial charge in [0.1, 0.15) is 6.54 Å². The van der Waals surface area contributed by atoms with Crippen LogP contribution in [0.25, 0.3) is 21.8 Å². The summed E-state index contributed by atoms with van der Waals surface area (Å²) in [7, 11) is 0. The second-order valence-corrected chi connectivity index (χ2v) is 12.4. The Hall–Kier alpha value is -3.33. The molecule has 2 aliphatic heterocycles. The molecule has 0 radical (unpaired) electrons. The van der Waals surface area contributed by atoms with Gasteiger partial charge in [-0.15, -0.1) is 0 Å². The second-order valence-electron chi connectivity index (χ2n) is 12.4. The fourth-order valence-corrected chi connectivity index (χ4v) is 7.56. The van der Waals surface area contributed by atoms with Crippen molar-refractivity contribution in [1.82, 2.24) is 29.2 Å². The number of para-hydroxylation sites is 1. The molecule has 3 aromatic heterocycles. The van der Waals surface area contributed by atoms with Crippen molar-refractivity contribution in [2.45, 2.75) is 64.1 Å². The number of nitrogens with zero attached hydrogens (tertiary/aromatic N) is 6. The Morgan fingerprint density at radius 1 is 0.907 bits per heavy atom. The minimum Gasteiger partial charge on any atom is -0.378 e. The quantitative estimate of drug-likeness (QED) is 0.271. The molecular formula is C35H44N6O2. The van der Waals surface area contributed by atoms with E-state index in [0.717, 1.165) is 55.6 Å². The first-order valence-corrected chi connectivity index (χ1v) is 16.4. The van der Waals surface area contributed by atoms with E-state index in [9.17, 15) is 4.79 Å². The molecule has 1 atom stereocenters. The lowest BCUT2D eigenvalue weighted by Crippen LogP contribution is -2.42. The summed E-state index contributed by atoms with van der Waals surface area (Å²) in [4.78, 5) is 30.8. The van der Waals surface area contributed by atoms with Crippen molar-refractivity contribution in [3.63, 3.8) is 0 Å². The number of fused-ring (bicyclic) bond motifs is 4. The van der Waals surface area contributed by atoms with Crippen LogP contribution < -0.4 is 0 Å². The van der Waals surface area contributed by atoms with Gasteiger partial charge in [0.2, 0.25) is 5.91 Å². The monoisotopic (exact) mass is 580 g/mol. The van der Waals surface area contributed by atoms with E-state index < -0.39 is 0 Å². The van der Waals surface area contributed by atoms with Crippen LogP contribution in [0, 0.1) is 0 Å². The first-order valence-electron chi connectivity index (χ1n) is 16.4. The summed E-state index contributed by atoms with van der Waals surface area (Å²) in [6.45, 7) is 8.17. The van der Waals surface area contributed by atoms with Gasteiger partial charge in [-0.2, -0.15) is 0 Å². The highest BCUT2D eigenvalue weighted by molar-refractivity contribution is 6.09. The van der Waals surface area contributed by atoms with E-state index in [-0.39, 0.29) is 11.9 Å². The Bertz CT molecular complexity index is 1550. The Kier molecular flexibility index (Phi) is 8.68. The van der Waals surface area contributed by atoms with Crippen molar-refractivity contribution in [2.75, 3.05) is 52.5 Å². The predicted octanol–water partition coefficient (Wildman–Crippen LogP) is 5.20. The van der Waals surface area contributed by atoms with Gasteiger partial charge in [0.05, 0.1) is 36.2 Å². The van der Waals surface area contributed by atoms with Crippen molar-refractivity contribution in [3.05, 3.63) is 71.8 Å². The molecule has 7 rings (SSSR count). The molecule has 1 amide bonds. The van der Waals surface area contributed by atoms with Gasteiger partial charge in [-0.1, -0.05) is 30.7 Å². The smallest absolute Gasteiger partial charge is 0.242 e. The number of likely N-dealkylation sites (tertiary alicyclic amines) is 1. The zero-order valence-electron chi connectivity index (χ0n) is 25.3. The maximum absolute atomic E-state index is 13.6. The normalized spacial score (nSPS) is 19.7. The largest absolute Gasteiger partial charge is 0.378 e. The van der Waals surface area contributed by atoms with Crippen molar-refractivity contribution in [3.8, 4) is 0 Å². The molecule has 1 aliphatic carbocycles. The molecule has 43 heavy (non-hydrogen) atoms. The molecule has 0 N–H and O–H groups in total. The van der Waals surface area contributed by atoms with Crippen LogP contribution >= 0.6 is 0 Å². The van der Waals surface area contributed by atoms with Gasteiger partial charge < -0.3 is 19.1 Å². The third kappa shape index (κ3) is 6.06. The van der Waals surface area contributed by atoms with Crippen LogP contribution in [0.2, 0.25) is 0 Å². The predicted molar refractivity (Wildman–Crippen MR) is 170 cm³/mol. The lowest BCUT2D eigenvalue weighted by atomic mass is 9.90. The van der Waals surface area contributed by atoms with Gasteiger partial charge in [0, 0.05) is 54.9 Å². The van der Waals surface area contributed by atoms with E-state index in [4.69, 9.17) is 14.7 Å². The molecule has 1 aromatic carbocycles. The summed E-state index contributed by atoms with van der Waals surface area (Å²) in [5.74, 6) is 0.143. The van der Waals surface area contributed by atoms with Crippen LogP contribution in [0.4, 0.5) is 0 Å². The highest BCUT2D eigenvalue weighted by atomic mass is 16.5. The first-order chi connectivity index (χ1) is 21.3. The number of carbonyl (C=O) groups is 1. The maximum atomic E-state index is 13.6. The summed E-state index contributed by atoms with van der Waals surface area (Å²) in [5.41, 5.74) is 5.85. The van der Waals surface area contributed by atoms with E-state index in [1.165, 1.54) is 60.8 Å². The first kappa shape index (κ1) is 28.4. The minimum absolute atomic E-state index is 0.143. The number of benzene rings is 1. The summed E-state index contributed by atoms with van der Waals surface area (Å²) < 4.78 is 7.74. The molecule has 0 unspecified atom stereocenters. The molecule has 8 heteroatoms. The number of amides is 1. The van der Waals surface area contributed by atoms with E-state index >= 15 is 0 Å². The van der Waals surface area contributed by atoms with Crippen LogP contribution in [-0.2, 0) is 29.0 Å².